The molecule has 108 valence electrons. The predicted octanol–water partition coefficient (Wildman–Crippen LogP) is 3.07. The Morgan fingerprint density at radius 3 is 2.86 bits per heavy atom. The van der Waals surface area contributed by atoms with Crippen molar-refractivity contribution in [2.45, 2.75) is 18.9 Å². The summed E-state index contributed by atoms with van der Waals surface area (Å²) in [6.07, 6.45) is 5.33. The van der Waals surface area contributed by atoms with E-state index in [1.807, 2.05) is 23.1 Å². The fourth-order valence-electron chi connectivity index (χ4n) is 2.87. The number of carbonyl (C=O) groups excluding carboxylic acids is 1. The van der Waals surface area contributed by atoms with Crippen molar-refractivity contribution in [1.29, 1.82) is 0 Å². The third-order valence-electron chi connectivity index (χ3n) is 3.92. The minimum absolute atomic E-state index is 0.0720. The molecule has 4 heteroatoms. The van der Waals surface area contributed by atoms with Crippen molar-refractivity contribution in [3.63, 3.8) is 0 Å². The monoisotopic (exact) mass is 282 g/mol. The summed E-state index contributed by atoms with van der Waals surface area (Å²) in [6.45, 7) is 0.795. The van der Waals surface area contributed by atoms with Gasteiger partial charge in [-0.25, -0.2) is 0 Å². The molecule has 1 amide bonds. The third kappa shape index (κ3) is 2.75. The Kier molecular flexibility index (Phi) is 3.86. The molecule has 0 spiro atoms. The second kappa shape index (κ2) is 5.95. The zero-order valence-electron chi connectivity index (χ0n) is 12.0. The van der Waals surface area contributed by atoms with Gasteiger partial charge < -0.3 is 9.64 Å². The van der Waals surface area contributed by atoms with Crippen LogP contribution >= 0.6 is 0 Å². The normalized spacial score (nSPS) is 17.8. The van der Waals surface area contributed by atoms with Gasteiger partial charge in [0.2, 0.25) is 0 Å². The number of hydrogen-bond acceptors (Lipinski definition) is 3. The highest BCUT2D eigenvalue weighted by Gasteiger charge is 2.30. The molecule has 1 unspecified atom stereocenters. The van der Waals surface area contributed by atoms with Crippen molar-refractivity contribution >= 4 is 5.91 Å². The van der Waals surface area contributed by atoms with Crippen molar-refractivity contribution < 1.29 is 9.53 Å². The van der Waals surface area contributed by atoms with Crippen molar-refractivity contribution in [2.75, 3.05) is 13.7 Å². The van der Waals surface area contributed by atoms with Crippen molar-refractivity contribution in [2.24, 2.45) is 0 Å². The van der Waals surface area contributed by atoms with Gasteiger partial charge in [-0.05, 0) is 42.7 Å². The van der Waals surface area contributed by atoms with Gasteiger partial charge in [0.25, 0.3) is 5.91 Å². The van der Waals surface area contributed by atoms with E-state index in [4.69, 9.17) is 4.74 Å². The fraction of sp³-hybridized carbons (Fsp3) is 0.294. The van der Waals surface area contributed by atoms with E-state index in [0.29, 0.717) is 5.56 Å². The molecule has 1 aromatic carbocycles. The first-order chi connectivity index (χ1) is 10.3. The number of pyridine rings is 1. The maximum atomic E-state index is 12.7. The number of hydrogen-bond donors (Lipinski definition) is 0. The van der Waals surface area contributed by atoms with Crippen LogP contribution in [0.25, 0.3) is 0 Å². The molecule has 0 N–H and O–H groups in total. The maximum absolute atomic E-state index is 12.7. The predicted molar refractivity (Wildman–Crippen MR) is 80.2 cm³/mol. The fourth-order valence-corrected chi connectivity index (χ4v) is 2.87. The number of ether oxygens (including phenoxy) is 1. The molecule has 0 aliphatic carbocycles. The molecule has 21 heavy (non-hydrogen) atoms. The number of benzene rings is 1. The van der Waals surface area contributed by atoms with Crippen molar-refractivity contribution in [3.05, 3.63) is 59.9 Å². The van der Waals surface area contributed by atoms with Crippen molar-refractivity contribution in [3.8, 4) is 5.75 Å². The quantitative estimate of drug-likeness (QED) is 0.869. The summed E-state index contributed by atoms with van der Waals surface area (Å²) in [7, 11) is 1.66. The van der Waals surface area contributed by atoms with Gasteiger partial charge >= 0.3 is 0 Å². The average Bonchev–Trinajstić information content (AvgIpc) is 3.04. The second-order valence-corrected chi connectivity index (χ2v) is 5.17. The number of amides is 1. The van der Waals surface area contributed by atoms with Gasteiger partial charge in [-0.1, -0.05) is 12.1 Å². The number of methoxy groups -OCH3 is 1. The standard InChI is InChI=1S/C17H18N2O2/c1-21-15-5-2-4-14(12-15)16-6-3-11-19(16)17(20)13-7-9-18-10-8-13/h2,4-5,7-10,12,16H,3,6,11H2,1H3. The van der Waals surface area contributed by atoms with Crippen LogP contribution in [0.3, 0.4) is 0 Å². The van der Waals surface area contributed by atoms with Crippen LogP contribution in [0.15, 0.2) is 48.8 Å². The van der Waals surface area contributed by atoms with Gasteiger partial charge in [-0.3, -0.25) is 9.78 Å². The summed E-state index contributed by atoms with van der Waals surface area (Å²) in [5.41, 5.74) is 1.83. The lowest BCUT2D eigenvalue weighted by Gasteiger charge is -2.25. The molecule has 0 bridgehead atoms. The van der Waals surface area contributed by atoms with Gasteiger partial charge in [0.15, 0.2) is 0 Å². The highest BCUT2D eigenvalue weighted by molar-refractivity contribution is 5.94. The molecule has 2 heterocycles. The van der Waals surface area contributed by atoms with E-state index in [0.717, 1.165) is 30.7 Å². The van der Waals surface area contributed by atoms with E-state index >= 15 is 0 Å². The highest BCUT2D eigenvalue weighted by atomic mass is 16.5. The molecule has 1 aliphatic heterocycles. The number of nitrogens with zero attached hydrogens (tertiary/aromatic N) is 2. The van der Waals surface area contributed by atoms with E-state index in [1.165, 1.54) is 0 Å². The van der Waals surface area contributed by atoms with E-state index in [2.05, 4.69) is 11.1 Å². The number of carbonyl (C=O) groups is 1. The Hall–Kier alpha value is -2.36. The van der Waals surface area contributed by atoms with Crippen LogP contribution in [0.5, 0.6) is 5.75 Å². The first-order valence-electron chi connectivity index (χ1n) is 7.14. The number of rotatable bonds is 3. The lowest BCUT2D eigenvalue weighted by molar-refractivity contribution is 0.0735. The maximum Gasteiger partial charge on any atom is 0.254 e. The molecule has 0 radical (unpaired) electrons. The smallest absolute Gasteiger partial charge is 0.254 e. The summed E-state index contributed by atoms with van der Waals surface area (Å²) in [6, 6.07) is 11.6. The van der Waals surface area contributed by atoms with E-state index in [1.54, 1.807) is 31.6 Å². The van der Waals surface area contributed by atoms with Gasteiger partial charge in [-0.15, -0.1) is 0 Å². The highest BCUT2D eigenvalue weighted by Crippen LogP contribution is 2.34. The van der Waals surface area contributed by atoms with E-state index in [-0.39, 0.29) is 11.9 Å². The van der Waals surface area contributed by atoms with Crippen LogP contribution in [0.4, 0.5) is 0 Å². The molecule has 1 aliphatic rings. The molecule has 1 fully saturated rings. The minimum Gasteiger partial charge on any atom is -0.497 e. The van der Waals surface area contributed by atoms with Gasteiger partial charge in [0.1, 0.15) is 5.75 Å². The Morgan fingerprint density at radius 1 is 1.29 bits per heavy atom. The Balaban J connectivity index is 1.87. The van der Waals surface area contributed by atoms with Crippen LogP contribution in [0, 0.1) is 0 Å². The largest absolute Gasteiger partial charge is 0.497 e. The van der Waals surface area contributed by atoms with E-state index < -0.39 is 0 Å². The zero-order chi connectivity index (χ0) is 14.7. The SMILES string of the molecule is COc1cccc(C2CCCN2C(=O)c2ccncc2)c1. The molecule has 0 saturated carbocycles. The van der Waals surface area contributed by atoms with Gasteiger partial charge in [0.05, 0.1) is 13.2 Å². The Labute approximate surface area is 124 Å². The van der Waals surface area contributed by atoms with Crippen molar-refractivity contribution in [1.82, 2.24) is 9.88 Å². The molecule has 2 aromatic rings. The first-order valence-corrected chi connectivity index (χ1v) is 7.14. The first kappa shape index (κ1) is 13.6. The summed E-state index contributed by atoms with van der Waals surface area (Å²) >= 11 is 0. The van der Waals surface area contributed by atoms with Crippen LogP contribution in [-0.4, -0.2) is 29.4 Å². The summed E-state index contributed by atoms with van der Waals surface area (Å²) in [5.74, 6) is 0.901. The molecular formula is C17H18N2O2. The number of likely N-dealkylation sites (tertiary alicyclic amines) is 1. The van der Waals surface area contributed by atoms with Crippen LogP contribution in [0.2, 0.25) is 0 Å². The molecule has 1 aromatic heterocycles. The summed E-state index contributed by atoms with van der Waals surface area (Å²) in [5, 5.41) is 0. The van der Waals surface area contributed by atoms with Gasteiger partial charge in [0, 0.05) is 24.5 Å². The van der Waals surface area contributed by atoms with E-state index in [9.17, 15) is 4.79 Å². The summed E-state index contributed by atoms with van der Waals surface area (Å²) < 4.78 is 5.28. The Morgan fingerprint density at radius 2 is 2.10 bits per heavy atom. The molecule has 1 atom stereocenters. The summed E-state index contributed by atoms with van der Waals surface area (Å²) in [4.78, 5) is 18.6. The zero-order valence-corrected chi connectivity index (χ0v) is 12.0. The number of aromatic nitrogens is 1. The molecule has 1 saturated heterocycles. The average molecular weight is 282 g/mol. The topological polar surface area (TPSA) is 42.4 Å². The van der Waals surface area contributed by atoms with Crippen LogP contribution < -0.4 is 4.74 Å². The van der Waals surface area contributed by atoms with Gasteiger partial charge in [-0.2, -0.15) is 0 Å². The lowest BCUT2D eigenvalue weighted by atomic mass is 10.0. The molecule has 4 nitrogen and oxygen atoms in total. The minimum atomic E-state index is 0.0720. The van der Waals surface area contributed by atoms with Crippen LogP contribution in [0.1, 0.15) is 34.8 Å². The second-order valence-electron chi connectivity index (χ2n) is 5.17. The molecular weight excluding hydrogens is 264 g/mol. The Bertz CT molecular complexity index is 628. The molecule has 3 rings (SSSR count). The third-order valence-corrected chi connectivity index (χ3v) is 3.92. The van der Waals surface area contributed by atoms with Crippen LogP contribution in [-0.2, 0) is 0 Å². The lowest BCUT2D eigenvalue weighted by Crippen LogP contribution is -2.30.